The second kappa shape index (κ2) is 5.01. The molecule has 0 radical (unpaired) electrons. The van der Waals surface area contributed by atoms with Gasteiger partial charge in [0.1, 0.15) is 5.75 Å². The normalized spacial score (nSPS) is 9.33. The monoisotopic (exact) mass is 205 g/mol. The standard InChI is InChI=1S/C11H11NO3/c1-2-15-11(14)6-8-3-4-10(13)5-9(8)7-12/h3-5,13H,2,6H2,1H3. The van der Waals surface area contributed by atoms with Crippen molar-refractivity contribution in [3.8, 4) is 11.8 Å². The van der Waals surface area contributed by atoms with E-state index in [-0.39, 0.29) is 18.1 Å². The predicted octanol–water partition coefficient (Wildman–Crippen LogP) is 1.37. The molecule has 0 saturated heterocycles. The lowest BCUT2D eigenvalue weighted by molar-refractivity contribution is -0.142. The third kappa shape index (κ3) is 2.99. The molecule has 0 heterocycles. The summed E-state index contributed by atoms with van der Waals surface area (Å²) in [7, 11) is 0. The van der Waals surface area contributed by atoms with Gasteiger partial charge >= 0.3 is 5.97 Å². The van der Waals surface area contributed by atoms with Crippen LogP contribution >= 0.6 is 0 Å². The minimum absolute atomic E-state index is 0.0131. The Balaban J connectivity index is 2.86. The molecule has 4 nitrogen and oxygen atoms in total. The van der Waals surface area contributed by atoms with Gasteiger partial charge < -0.3 is 9.84 Å². The maximum Gasteiger partial charge on any atom is 0.310 e. The molecule has 0 aromatic heterocycles. The van der Waals surface area contributed by atoms with Gasteiger partial charge in [0.05, 0.1) is 24.7 Å². The summed E-state index contributed by atoms with van der Waals surface area (Å²) in [6, 6.07) is 6.23. The second-order valence-corrected chi connectivity index (χ2v) is 2.94. The van der Waals surface area contributed by atoms with Gasteiger partial charge in [-0.15, -0.1) is 0 Å². The number of hydrogen-bond acceptors (Lipinski definition) is 4. The molecule has 1 rings (SSSR count). The van der Waals surface area contributed by atoms with Gasteiger partial charge in [-0.1, -0.05) is 6.07 Å². The fourth-order valence-electron chi connectivity index (χ4n) is 1.19. The molecular weight excluding hydrogens is 194 g/mol. The first-order valence-electron chi connectivity index (χ1n) is 4.55. The number of phenols is 1. The van der Waals surface area contributed by atoms with E-state index >= 15 is 0 Å². The molecule has 0 spiro atoms. The van der Waals surface area contributed by atoms with Crippen LogP contribution in [0.25, 0.3) is 0 Å². The number of rotatable bonds is 3. The van der Waals surface area contributed by atoms with E-state index in [9.17, 15) is 4.79 Å². The molecule has 0 fully saturated rings. The number of carbonyl (C=O) groups excluding carboxylic acids is 1. The summed E-state index contributed by atoms with van der Waals surface area (Å²) in [6.07, 6.45) is 0.0526. The van der Waals surface area contributed by atoms with Gasteiger partial charge in [0.25, 0.3) is 0 Å². The summed E-state index contributed by atoms with van der Waals surface area (Å²) >= 11 is 0. The van der Waals surface area contributed by atoms with E-state index in [1.807, 2.05) is 6.07 Å². The Hall–Kier alpha value is -2.02. The number of benzene rings is 1. The zero-order chi connectivity index (χ0) is 11.3. The molecule has 1 aromatic carbocycles. The lowest BCUT2D eigenvalue weighted by atomic mass is 10.1. The number of carbonyl (C=O) groups is 1. The van der Waals surface area contributed by atoms with Gasteiger partial charge in [-0.25, -0.2) is 0 Å². The zero-order valence-electron chi connectivity index (χ0n) is 8.36. The highest BCUT2D eigenvalue weighted by molar-refractivity contribution is 5.73. The van der Waals surface area contributed by atoms with Crippen molar-refractivity contribution >= 4 is 5.97 Å². The molecule has 4 heteroatoms. The zero-order valence-corrected chi connectivity index (χ0v) is 8.36. The molecule has 0 aliphatic rings. The van der Waals surface area contributed by atoms with Crippen LogP contribution in [-0.4, -0.2) is 17.7 Å². The van der Waals surface area contributed by atoms with Crippen molar-refractivity contribution in [1.29, 1.82) is 5.26 Å². The highest BCUT2D eigenvalue weighted by Gasteiger charge is 2.09. The van der Waals surface area contributed by atoms with E-state index in [1.165, 1.54) is 12.1 Å². The van der Waals surface area contributed by atoms with Crippen molar-refractivity contribution < 1.29 is 14.6 Å². The van der Waals surface area contributed by atoms with E-state index in [0.717, 1.165) is 0 Å². The third-order valence-electron chi connectivity index (χ3n) is 1.85. The number of ether oxygens (including phenoxy) is 1. The van der Waals surface area contributed by atoms with Crippen LogP contribution < -0.4 is 0 Å². The highest BCUT2D eigenvalue weighted by Crippen LogP contribution is 2.16. The quantitative estimate of drug-likeness (QED) is 0.756. The Kier molecular flexibility index (Phi) is 3.69. The van der Waals surface area contributed by atoms with Gasteiger partial charge in [-0.3, -0.25) is 4.79 Å². The third-order valence-corrected chi connectivity index (χ3v) is 1.85. The van der Waals surface area contributed by atoms with Crippen molar-refractivity contribution in [1.82, 2.24) is 0 Å². The summed E-state index contributed by atoms with van der Waals surface area (Å²) < 4.78 is 4.76. The Bertz CT molecular complexity index is 407. The van der Waals surface area contributed by atoms with E-state index in [1.54, 1.807) is 13.0 Å². The lowest BCUT2D eigenvalue weighted by Crippen LogP contribution is -2.08. The molecular formula is C11H11NO3. The van der Waals surface area contributed by atoms with Crippen molar-refractivity contribution in [2.45, 2.75) is 13.3 Å². The average molecular weight is 205 g/mol. The highest BCUT2D eigenvalue weighted by atomic mass is 16.5. The predicted molar refractivity (Wildman–Crippen MR) is 53.2 cm³/mol. The minimum Gasteiger partial charge on any atom is -0.508 e. The SMILES string of the molecule is CCOC(=O)Cc1ccc(O)cc1C#N. The molecule has 0 aliphatic heterocycles. The fraction of sp³-hybridized carbons (Fsp3) is 0.273. The van der Waals surface area contributed by atoms with Crippen LogP contribution in [0.2, 0.25) is 0 Å². The number of hydrogen-bond donors (Lipinski definition) is 1. The molecule has 1 N–H and O–H groups in total. The van der Waals surface area contributed by atoms with Gasteiger partial charge in [-0.2, -0.15) is 5.26 Å². The largest absolute Gasteiger partial charge is 0.508 e. The molecule has 78 valence electrons. The fourth-order valence-corrected chi connectivity index (χ4v) is 1.19. The van der Waals surface area contributed by atoms with E-state index in [2.05, 4.69) is 0 Å². The summed E-state index contributed by atoms with van der Waals surface area (Å²) in [4.78, 5) is 11.2. The summed E-state index contributed by atoms with van der Waals surface area (Å²) in [6.45, 7) is 2.04. The average Bonchev–Trinajstić information content (AvgIpc) is 2.21. The maximum atomic E-state index is 11.2. The van der Waals surface area contributed by atoms with Crippen molar-refractivity contribution in [3.05, 3.63) is 29.3 Å². The molecule has 0 saturated carbocycles. The van der Waals surface area contributed by atoms with E-state index < -0.39 is 0 Å². The van der Waals surface area contributed by atoms with Crippen molar-refractivity contribution in [2.24, 2.45) is 0 Å². The summed E-state index contributed by atoms with van der Waals surface area (Å²) in [5.74, 6) is -0.362. The number of esters is 1. The molecule has 0 amide bonds. The lowest BCUT2D eigenvalue weighted by Gasteiger charge is -2.04. The molecule has 15 heavy (non-hydrogen) atoms. The Morgan fingerprint density at radius 3 is 2.93 bits per heavy atom. The van der Waals surface area contributed by atoms with Gasteiger partial charge in [0.15, 0.2) is 0 Å². The van der Waals surface area contributed by atoms with Gasteiger partial charge in [0, 0.05) is 0 Å². The van der Waals surface area contributed by atoms with Crippen LogP contribution in [0.1, 0.15) is 18.1 Å². The topological polar surface area (TPSA) is 70.3 Å². The van der Waals surface area contributed by atoms with Crippen LogP contribution in [0.15, 0.2) is 18.2 Å². The number of nitriles is 1. The smallest absolute Gasteiger partial charge is 0.310 e. The first-order valence-corrected chi connectivity index (χ1v) is 4.55. The molecule has 0 unspecified atom stereocenters. The van der Waals surface area contributed by atoms with E-state index in [0.29, 0.717) is 17.7 Å². The van der Waals surface area contributed by atoms with Crippen LogP contribution in [0.4, 0.5) is 0 Å². The van der Waals surface area contributed by atoms with Crippen LogP contribution in [0.5, 0.6) is 5.75 Å². The molecule has 1 aromatic rings. The number of phenolic OH excluding ortho intramolecular Hbond substituents is 1. The van der Waals surface area contributed by atoms with E-state index in [4.69, 9.17) is 15.1 Å². The van der Waals surface area contributed by atoms with Crippen LogP contribution in [0.3, 0.4) is 0 Å². The van der Waals surface area contributed by atoms with Crippen LogP contribution in [-0.2, 0) is 16.0 Å². The van der Waals surface area contributed by atoms with Gasteiger partial charge in [-0.05, 0) is 24.6 Å². The summed E-state index contributed by atoms with van der Waals surface area (Å²) in [5.41, 5.74) is 0.858. The molecule has 0 bridgehead atoms. The Labute approximate surface area is 87.7 Å². The van der Waals surface area contributed by atoms with Gasteiger partial charge in [0.2, 0.25) is 0 Å². The molecule has 0 aliphatic carbocycles. The maximum absolute atomic E-state index is 11.2. The first-order chi connectivity index (χ1) is 7.17. The summed E-state index contributed by atoms with van der Waals surface area (Å²) in [5, 5.41) is 17.9. The number of aromatic hydroxyl groups is 1. The first kappa shape index (κ1) is 11.1. The van der Waals surface area contributed by atoms with Crippen LogP contribution in [0, 0.1) is 11.3 Å². The van der Waals surface area contributed by atoms with Crippen molar-refractivity contribution in [2.75, 3.05) is 6.61 Å². The number of nitrogens with zero attached hydrogens (tertiary/aromatic N) is 1. The second-order valence-electron chi connectivity index (χ2n) is 2.94. The van der Waals surface area contributed by atoms with Crippen molar-refractivity contribution in [3.63, 3.8) is 0 Å². The minimum atomic E-state index is -0.375. The molecule has 0 atom stereocenters. The Morgan fingerprint density at radius 2 is 2.33 bits per heavy atom. The Morgan fingerprint density at radius 1 is 1.60 bits per heavy atom.